The standard InChI is InChI=1S/C21H29N5O3/c1-3-4-5-26-13-17(16-10-14(2)24-18(16)20(26)27)15-11-22-19(23-12-15)21(28)25-6-8-29-9-7-25/h3-4,11-12,14,16-18,24H,5-10,13H2,1-2H3/b4-3+. The highest BCUT2D eigenvalue weighted by molar-refractivity contribution is 5.90. The van der Waals surface area contributed by atoms with Crippen molar-refractivity contribution >= 4 is 11.8 Å². The molecule has 4 atom stereocenters. The van der Waals surface area contributed by atoms with E-state index < -0.39 is 0 Å². The third-order valence-corrected chi connectivity index (χ3v) is 6.18. The fourth-order valence-corrected chi connectivity index (χ4v) is 4.65. The maximum absolute atomic E-state index is 12.9. The van der Waals surface area contributed by atoms with E-state index in [0.717, 1.165) is 12.0 Å². The van der Waals surface area contributed by atoms with Gasteiger partial charge in [0.05, 0.1) is 19.3 Å². The number of allylic oxidation sites excluding steroid dienone is 1. The van der Waals surface area contributed by atoms with Gasteiger partial charge in [0.15, 0.2) is 0 Å². The number of morpholine rings is 1. The van der Waals surface area contributed by atoms with Crippen LogP contribution >= 0.6 is 0 Å². The molecule has 3 saturated heterocycles. The van der Waals surface area contributed by atoms with Crippen LogP contribution in [0.3, 0.4) is 0 Å². The average Bonchev–Trinajstić information content (AvgIpc) is 3.15. The summed E-state index contributed by atoms with van der Waals surface area (Å²) in [5.41, 5.74) is 0.993. The van der Waals surface area contributed by atoms with Gasteiger partial charge in [-0.1, -0.05) is 12.2 Å². The first-order valence-corrected chi connectivity index (χ1v) is 10.4. The van der Waals surface area contributed by atoms with Crippen LogP contribution in [-0.2, 0) is 9.53 Å². The zero-order chi connectivity index (χ0) is 20.4. The molecular formula is C21H29N5O3. The van der Waals surface area contributed by atoms with E-state index in [0.29, 0.717) is 45.4 Å². The summed E-state index contributed by atoms with van der Waals surface area (Å²) in [4.78, 5) is 37.9. The Hall–Kier alpha value is -2.32. The van der Waals surface area contributed by atoms with Crippen molar-refractivity contribution in [2.75, 3.05) is 39.4 Å². The van der Waals surface area contributed by atoms with Crippen LogP contribution in [0.15, 0.2) is 24.5 Å². The first kappa shape index (κ1) is 20.0. The molecule has 3 aliphatic heterocycles. The second-order valence-corrected chi connectivity index (χ2v) is 8.11. The van der Waals surface area contributed by atoms with Crippen LogP contribution in [-0.4, -0.2) is 83.1 Å². The minimum atomic E-state index is -0.163. The molecule has 4 heterocycles. The van der Waals surface area contributed by atoms with Crippen molar-refractivity contribution in [1.82, 2.24) is 25.1 Å². The molecule has 0 aliphatic carbocycles. The number of carbonyl (C=O) groups excluding carboxylic acids is 2. The Morgan fingerprint density at radius 1 is 1.31 bits per heavy atom. The molecule has 156 valence electrons. The zero-order valence-corrected chi connectivity index (χ0v) is 17.1. The van der Waals surface area contributed by atoms with Gasteiger partial charge in [0.2, 0.25) is 11.7 Å². The van der Waals surface area contributed by atoms with Crippen molar-refractivity contribution in [3.05, 3.63) is 35.9 Å². The predicted octanol–water partition coefficient (Wildman–Crippen LogP) is 0.818. The van der Waals surface area contributed by atoms with Crippen LogP contribution in [0.4, 0.5) is 0 Å². The SMILES string of the molecule is C/C=C/CN1CC(c2cnc(C(=O)N3CCOCC3)nc2)C2CC(C)NC2C1=O. The van der Waals surface area contributed by atoms with Gasteiger partial charge in [-0.05, 0) is 31.7 Å². The second-order valence-electron chi connectivity index (χ2n) is 8.11. The number of ether oxygens (including phenoxy) is 1. The molecule has 0 radical (unpaired) electrons. The fraction of sp³-hybridized carbons (Fsp3) is 0.619. The summed E-state index contributed by atoms with van der Waals surface area (Å²) in [7, 11) is 0. The number of carbonyl (C=O) groups is 2. The maximum atomic E-state index is 12.9. The number of amides is 2. The quantitative estimate of drug-likeness (QED) is 0.755. The lowest BCUT2D eigenvalue weighted by molar-refractivity contribution is -0.137. The smallest absolute Gasteiger partial charge is 0.291 e. The molecule has 1 aromatic rings. The van der Waals surface area contributed by atoms with E-state index in [1.54, 1.807) is 17.3 Å². The minimum Gasteiger partial charge on any atom is -0.378 e. The molecule has 2 amide bonds. The van der Waals surface area contributed by atoms with E-state index in [-0.39, 0.29) is 35.5 Å². The summed E-state index contributed by atoms with van der Waals surface area (Å²) in [5.74, 6) is 0.635. The number of rotatable bonds is 4. The molecule has 8 heteroatoms. The Labute approximate surface area is 171 Å². The highest BCUT2D eigenvalue weighted by Crippen LogP contribution is 2.39. The van der Waals surface area contributed by atoms with Gasteiger partial charge < -0.3 is 19.9 Å². The van der Waals surface area contributed by atoms with Crippen LogP contribution in [0.2, 0.25) is 0 Å². The lowest BCUT2D eigenvalue weighted by Crippen LogP contribution is -2.54. The second kappa shape index (κ2) is 8.59. The molecular weight excluding hydrogens is 370 g/mol. The van der Waals surface area contributed by atoms with E-state index in [1.807, 2.05) is 24.0 Å². The Balaban J connectivity index is 1.53. The van der Waals surface area contributed by atoms with E-state index in [9.17, 15) is 9.59 Å². The largest absolute Gasteiger partial charge is 0.378 e. The molecule has 4 rings (SSSR count). The number of hydrogen-bond acceptors (Lipinski definition) is 6. The van der Waals surface area contributed by atoms with Gasteiger partial charge >= 0.3 is 0 Å². The van der Waals surface area contributed by atoms with Crippen molar-refractivity contribution < 1.29 is 14.3 Å². The van der Waals surface area contributed by atoms with E-state index in [4.69, 9.17) is 4.74 Å². The van der Waals surface area contributed by atoms with Crippen molar-refractivity contribution in [2.45, 2.75) is 38.3 Å². The number of fused-ring (bicyclic) bond motifs is 1. The Kier molecular flexibility index (Phi) is 5.91. The van der Waals surface area contributed by atoms with Gasteiger partial charge in [-0.3, -0.25) is 9.59 Å². The fourth-order valence-electron chi connectivity index (χ4n) is 4.65. The van der Waals surface area contributed by atoms with Gasteiger partial charge in [0, 0.05) is 50.5 Å². The van der Waals surface area contributed by atoms with Crippen LogP contribution < -0.4 is 5.32 Å². The van der Waals surface area contributed by atoms with Crippen LogP contribution in [0.1, 0.15) is 42.4 Å². The Morgan fingerprint density at radius 2 is 2.03 bits per heavy atom. The Bertz CT molecular complexity index is 775. The van der Waals surface area contributed by atoms with Crippen molar-refractivity contribution in [2.24, 2.45) is 5.92 Å². The molecule has 0 spiro atoms. The minimum absolute atomic E-state index is 0.151. The van der Waals surface area contributed by atoms with Crippen LogP contribution in [0.25, 0.3) is 0 Å². The molecule has 29 heavy (non-hydrogen) atoms. The monoisotopic (exact) mass is 399 g/mol. The number of aromatic nitrogens is 2. The highest BCUT2D eigenvalue weighted by atomic mass is 16.5. The number of nitrogens with one attached hydrogen (secondary N) is 1. The molecule has 0 saturated carbocycles. The summed E-state index contributed by atoms with van der Waals surface area (Å²) < 4.78 is 5.30. The lowest BCUT2D eigenvalue weighted by Gasteiger charge is -2.39. The summed E-state index contributed by atoms with van der Waals surface area (Å²) in [5, 5.41) is 3.46. The molecule has 0 bridgehead atoms. The van der Waals surface area contributed by atoms with Crippen molar-refractivity contribution in [3.63, 3.8) is 0 Å². The van der Waals surface area contributed by atoms with Gasteiger partial charge in [-0.25, -0.2) is 9.97 Å². The molecule has 1 N–H and O–H groups in total. The van der Waals surface area contributed by atoms with Gasteiger partial charge in [-0.2, -0.15) is 0 Å². The molecule has 3 aliphatic rings. The number of nitrogens with zero attached hydrogens (tertiary/aromatic N) is 4. The first-order chi connectivity index (χ1) is 14.1. The van der Waals surface area contributed by atoms with E-state index in [1.165, 1.54) is 0 Å². The molecule has 0 aromatic carbocycles. The number of likely N-dealkylation sites (tertiary alicyclic amines) is 1. The molecule has 4 unspecified atom stereocenters. The molecule has 1 aromatic heterocycles. The third-order valence-electron chi connectivity index (χ3n) is 6.18. The average molecular weight is 399 g/mol. The zero-order valence-electron chi connectivity index (χ0n) is 17.1. The van der Waals surface area contributed by atoms with E-state index in [2.05, 4.69) is 22.2 Å². The summed E-state index contributed by atoms with van der Waals surface area (Å²) >= 11 is 0. The summed E-state index contributed by atoms with van der Waals surface area (Å²) in [6, 6.07) is 0.143. The normalized spacial score (nSPS) is 30.1. The van der Waals surface area contributed by atoms with Gasteiger partial charge in [-0.15, -0.1) is 0 Å². The van der Waals surface area contributed by atoms with Crippen molar-refractivity contribution in [1.29, 1.82) is 0 Å². The van der Waals surface area contributed by atoms with Crippen molar-refractivity contribution in [3.8, 4) is 0 Å². The van der Waals surface area contributed by atoms with Crippen LogP contribution in [0.5, 0.6) is 0 Å². The third kappa shape index (κ3) is 4.04. The number of hydrogen-bond donors (Lipinski definition) is 1. The molecule has 8 nitrogen and oxygen atoms in total. The first-order valence-electron chi connectivity index (χ1n) is 10.4. The lowest BCUT2D eigenvalue weighted by atomic mass is 9.78. The summed E-state index contributed by atoms with van der Waals surface area (Å²) in [6.45, 7) is 7.59. The van der Waals surface area contributed by atoms with E-state index >= 15 is 0 Å². The van der Waals surface area contributed by atoms with Gasteiger partial charge in [0.25, 0.3) is 5.91 Å². The van der Waals surface area contributed by atoms with Crippen LogP contribution in [0, 0.1) is 5.92 Å². The molecule has 3 fully saturated rings. The summed E-state index contributed by atoms with van der Waals surface area (Å²) in [6.07, 6.45) is 8.47. The number of piperidine rings is 1. The highest BCUT2D eigenvalue weighted by Gasteiger charge is 2.47. The Morgan fingerprint density at radius 3 is 2.72 bits per heavy atom. The predicted molar refractivity (Wildman–Crippen MR) is 107 cm³/mol. The van der Waals surface area contributed by atoms with Gasteiger partial charge in [0.1, 0.15) is 0 Å². The maximum Gasteiger partial charge on any atom is 0.291 e. The topological polar surface area (TPSA) is 87.7 Å².